The number of anilines is 1. The Morgan fingerprint density at radius 3 is 2.17 bits per heavy atom. The Balaban J connectivity index is 2.11. The third-order valence-electron chi connectivity index (χ3n) is 7.01. The van der Waals surface area contributed by atoms with E-state index in [1.165, 1.54) is 4.90 Å². The summed E-state index contributed by atoms with van der Waals surface area (Å²) < 4.78 is 27.1. The number of amides is 2. The van der Waals surface area contributed by atoms with Gasteiger partial charge in [0.2, 0.25) is 21.8 Å². The molecule has 7 nitrogen and oxygen atoms in total. The molecule has 0 saturated carbocycles. The zero-order chi connectivity index (χ0) is 30.2. The van der Waals surface area contributed by atoms with Crippen molar-refractivity contribution in [3.05, 3.63) is 99.0 Å². The molecule has 3 aromatic rings. The van der Waals surface area contributed by atoms with Gasteiger partial charge >= 0.3 is 0 Å². The van der Waals surface area contributed by atoms with Gasteiger partial charge in [0.05, 0.1) is 11.9 Å². The molecule has 0 radical (unpaired) electrons. The largest absolute Gasteiger partial charge is 0.354 e. The van der Waals surface area contributed by atoms with Crippen LogP contribution >= 0.6 is 23.2 Å². The molecule has 0 aliphatic rings. The smallest absolute Gasteiger partial charge is 0.244 e. The average molecular weight is 619 g/mol. The van der Waals surface area contributed by atoms with Crippen molar-refractivity contribution in [2.45, 2.75) is 52.6 Å². The molecule has 1 N–H and O–H groups in total. The highest BCUT2D eigenvalue weighted by Crippen LogP contribution is 2.29. The van der Waals surface area contributed by atoms with Gasteiger partial charge in [-0.15, -0.1) is 0 Å². The van der Waals surface area contributed by atoms with Crippen LogP contribution < -0.4 is 9.62 Å². The summed E-state index contributed by atoms with van der Waals surface area (Å²) in [7, 11) is -3.86. The standard InChI is InChI=1S/C31H37Cl2N3O4S/c1-5-6-18-34-31(38)29(19-24-13-8-7-9-14-24)35(20-25-26(32)15-11-16-27(25)33)30(37)21-36(41(4,39)40)28-17-10-12-22(2)23(28)3/h7-17,29H,5-6,18-21H2,1-4H3,(H,34,38)/t29-/m1/s1. The van der Waals surface area contributed by atoms with Gasteiger partial charge < -0.3 is 10.2 Å². The lowest BCUT2D eigenvalue weighted by Crippen LogP contribution is -2.53. The third-order valence-corrected chi connectivity index (χ3v) is 8.85. The number of hydrogen-bond donors (Lipinski definition) is 1. The first-order chi connectivity index (χ1) is 19.4. The van der Waals surface area contributed by atoms with E-state index in [0.717, 1.165) is 40.1 Å². The molecule has 0 aromatic heterocycles. The molecule has 0 spiro atoms. The Morgan fingerprint density at radius 2 is 1.56 bits per heavy atom. The predicted octanol–water partition coefficient (Wildman–Crippen LogP) is 5.93. The predicted molar refractivity (Wildman–Crippen MR) is 167 cm³/mol. The van der Waals surface area contributed by atoms with Gasteiger partial charge in [0.1, 0.15) is 12.6 Å². The van der Waals surface area contributed by atoms with E-state index in [9.17, 15) is 18.0 Å². The quantitative estimate of drug-likeness (QED) is 0.241. The van der Waals surface area contributed by atoms with Crippen molar-refractivity contribution in [2.75, 3.05) is 23.7 Å². The molecule has 0 aliphatic carbocycles. The van der Waals surface area contributed by atoms with Crippen molar-refractivity contribution in [3.8, 4) is 0 Å². The minimum absolute atomic E-state index is 0.0829. The summed E-state index contributed by atoms with van der Waals surface area (Å²) >= 11 is 13.0. The minimum atomic E-state index is -3.86. The van der Waals surface area contributed by atoms with Crippen LogP contribution in [0.5, 0.6) is 0 Å². The van der Waals surface area contributed by atoms with Gasteiger partial charge in [-0.2, -0.15) is 0 Å². The van der Waals surface area contributed by atoms with Crippen LogP contribution in [0.25, 0.3) is 0 Å². The normalized spacial score (nSPS) is 12.0. The van der Waals surface area contributed by atoms with Gasteiger partial charge in [0.25, 0.3) is 0 Å². The molecule has 0 aliphatic heterocycles. The lowest BCUT2D eigenvalue weighted by Gasteiger charge is -2.34. The highest BCUT2D eigenvalue weighted by Gasteiger charge is 2.34. The van der Waals surface area contributed by atoms with Crippen molar-refractivity contribution in [1.29, 1.82) is 0 Å². The number of unbranched alkanes of at least 4 members (excludes halogenated alkanes) is 1. The summed E-state index contributed by atoms with van der Waals surface area (Å²) in [6.45, 7) is 5.58. The first kappa shape index (κ1) is 32.4. The molecule has 3 aromatic carbocycles. The third kappa shape index (κ3) is 8.71. The number of halogens is 2. The molecule has 0 unspecified atom stereocenters. The van der Waals surface area contributed by atoms with E-state index in [-0.39, 0.29) is 18.9 Å². The second-order valence-corrected chi connectivity index (χ2v) is 12.8. The van der Waals surface area contributed by atoms with Crippen LogP contribution in [0.15, 0.2) is 66.7 Å². The molecular formula is C31H37Cl2N3O4S. The molecule has 0 heterocycles. The van der Waals surface area contributed by atoms with Crippen molar-refractivity contribution < 1.29 is 18.0 Å². The molecule has 2 amide bonds. The minimum Gasteiger partial charge on any atom is -0.354 e. The Bertz CT molecular complexity index is 1450. The lowest BCUT2D eigenvalue weighted by molar-refractivity contribution is -0.140. The molecule has 1 atom stereocenters. The fourth-order valence-electron chi connectivity index (χ4n) is 4.51. The number of sulfonamides is 1. The fraction of sp³-hybridized carbons (Fsp3) is 0.355. The highest BCUT2D eigenvalue weighted by atomic mass is 35.5. The second kappa shape index (κ2) is 14.7. The van der Waals surface area contributed by atoms with E-state index in [2.05, 4.69) is 5.32 Å². The number of benzene rings is 3. The van der Waals surface area contributed by atoms with Crippen LogP contribution in [-0.2, 0) is 32.6 Å². The first-order valence-corrected chi connectivity index (χ1v) is 16.1. The van der Waals surface area contributed by atoms with Crippen molar-refractivity contribution in [1.82, 2.24) is 10.2 Å². The first-order valence-electron chi connectivity index (χ1n) is 13.5. The van der Waals surface area contributed by atoms with Crippen LogP contribution in [0.1, 0.15) is 42.0 Å². The van der Waals surface area contributed by atoms with Crippen LogP contribution in [0.4, 0.5) is 5.69 Å². The van der Waals surface area contributed by atoms with Crippen LogP contribution in [0, 0.1) is 13.8 Å². The van der Waals surface area contributed by atoms with Crippen LogP contribution in [0.2, 0.25) is 10.0 Å². The van der Waals surface area contributed by atoms with Crippen LogP contribution in [0.3, 0.4) is 0 Å². The summed E-state index contributed by atoms with van der Waals surface area (Å²) in [5.41, 5.74) is 3.36. The number of hydrogen-bond acceptors (Lipinski definition) is 4. The van der Waals surface area contributed by atoms with E-state index >= 15 is 0 Å². The molecule has 0 bridgehead atoms. The summed E-state index contributed by atoms with van der Waals surface area (Å²) in [6.07, 6.45) is 2.95. The number of rotatable bonds is 13. The van der Waals surface area contributed by atoms with Crippen molar-refractivity contribution >= 4 is 50.7 Å². The SMILES string of the molecule is CCCCNC(=O)[C@@H](Cc1ccccc1)N(Cc1c(Cl)cccc1Cl)C(=O)CN(c1cccc(C)c1C)S(C)(=O)=O. The van der Waals surface area contributed by atoms with E-state index in [4.69, 9.17) is 23.2 Å². The summed E-state index contributed by atoms with van der Waals surface area (Å²) in [6, 6.07) is 18.8. The maximum Gasteiger partial charge on any atom is 0.244 e. The van der Waals surface area contributed by atoms with Crippen molar-refractivity contribution in [2.24, 2.45) is 0 Å². The Hall–Kier alpha value is -3.07. The summed E-state index contributed by atoms with van der Waals surface area (Å²) in [5, 5.41) is 3.64. The number of carbonyl (C=O) groups is 2. The van der Waals surface area contributed by atoms with E-state index in [1.807, 2.05) is 57.2 Å². The molecule has 0 fully saturated rings. The molecule has 41 heavy (non-hydrogen) atoms. The maximum atomic E-state index is 14.2. The fourth-order valence-corrected chi connectivity index (χ4v) is 5.93. The number of nitrogens with one attached hydrogen (secondary N) is 1. The van der Waals surface area contributed by atoms with Gasteiger partial charge in [0.15, 0.2) is 0 Å². The average Bonchev–Trinajstić information content (AvgIpc) is 2.92. The van der Waals surface area contributed by atoms with Gasteiger partial charge in [-0.05, 0) is 55.2 Å². The van der Waals surface area contributed by atoms with Gasteiger partial charge in [-0.3, -0.25) is 13.9 Å². The van der Waals surface area contributed by atoms with Gasteiger partial charge in [0, 0.05) is 35.1 Å². The van der Waals surface area contributed by atoms with Crippen LogP contribution in [-0.4, -0.2) is 50.5 Å². The molecule has 0 saturated heterocycles. The number of carbonyl (C=O) groups excluding carboxylic acids is 2. The van der Waals surface area contributed by atoms with Gasteiger partial charge in [-0.1, -0.05) is 85.1 Å². The maximum absolute atomic E-state index is 14.2. The van der Waals surface area contributed by atoms with E-state index < -0.39 is 28.5 Å². The Kier molecular flexibility index (Phi) is 11.6. The molecule has 3 rings (SSSR count). The second-order valence-electron chi connectivity index (χ2n) is 10.1. The summed E-state index contributed by atoms with van der Waals surface area (Å²) in [5.74, 6) is -0.893. The van der Waals surface area contributed by atoms with E-state index in [0.29, 0.717) is 27.8 Å². The molecule has 220 valence electrons. The Labute approximate surface area is 253 Å². The number of aryl methyl sites for hydroxylation is 1. The summed E-state index contributed by atoms with van der Waals surface area (Å²) in [4.78, 5) is 29.3. The topological polar surface area (TPSA) is 86.8 Å². The molecule has 10 heteroatoms. The monoisotopic (exact) mass is 617 g/mol. The van der Waals surface area contributed by atoms with Crippen molar-refractivity contribution in [3.63, 3.8) is 0 Å². The molecular weight excluding hydrogens is 581 g/mol. The number of nitrogens with zero attached hydrogens (tertiary/aromatic N) is 2. The van der Waals surface area contributed by atoms with E-state index in [1.54, 1.807) is 30.3 Å². The zero-order valence-electron chi connectivity index (χ0n) is 23.9. The highest BCUT2D eigenvalue weighted by molar-refractivity contribution is 7.92. The Morgan fingerprint density at radius 1 is 0.927 bits per heavy atom. The van der Waals surface area contributed by atoms with Gasteiger partial charge in [-0.25, -0.2) is 8.42 Å². The lowest BCUT2D eigenvalue weighted by atomic mass is 10.0. The zero-order valence-corrected chi connectivity index (χ0v) is 26.2.